The Hall–Kier alpha value is -3.43. The number of fused-ring (bicyclic) bond motifs is 3. The van der Waals surface area contributed by atoms with Crippen LogP contribution in [0.25, 0.3) is 11.1 Å². The van der Waals surface area contributed by atoms with E-state index in [4.69, 9.17) is 19.4 Å². The molecule has 1 atom stereocenters. The van der Waals surface area contributed by atoms with Crippen LogP contribution >= 0.6 is 0 Å². The zero-order chi connectivity index (χ0) is 24.1. The van der Waals surface area contributed by atoms with Gasteiger partial charge in [0.2, 0.25) is 0 Å². The van der Waals surface area contributed by atoms with Crippen molar-refractivity contribution < 1.29 is 33.8 Å². The topological polar surface area (TPSA) is 114 Å². The molecule has 2 aliphatic rings. The summed E-state index contributed by atoms with van der Waals surface area (Å²) in [5, 5.41) is 12.4. The average Bonchev–Trinajstić information content (AvgIpc) is 3.18. The van der Waals surface area contributed by atoms with Gasteiger partial charge in [-0.3, -0.25) is 9.63 Å². The minimum absolute atomic E-state index is 0.0106. The number of hydrogen-bond acceptors (Lipinski definition) is 6. The third kappa shape index (κ3) is 4.90. The molecule has 0 saturated carbocycles. The summed E-state index contributed by atoms with van der Waals surface area (Å²) < 4.78 is 11.1. The fraction of sp³-hybridized carbons (Fsp3) is 0.400. The van der Waals surface area contributed by atoms with Gasteiger partial charge >= 0.3 is 12.1 Å². The van der Waals surface area contributed by atoms with Crippen molar-refractivity contribution in [2.24, 2.45) is 5.41 Å². The van der Waals surface area contributed by atoms with Gasteiger partial charge in [-0.1, -0.05) is 48.5 Å². The van der Waals surface area contributed by atoms with E-state index >= 15 is 0 Å². The summed E-state index contributed by atoms with van der Waals surface area (Å²) in [7, 11) is 1.36. The number of benzene rings is 2. The smallest absolute Gasteiger partial charge is 0.407 e. The predicted octanol–water partition coefficient (Wildman–Crippen LogP) is 2.80. The molecule has 1 saturated heterocycles. The largest absolute Gasteiger partial charge is 0.479 e. The zero-order valence-corrected chi connectivity index (χ0v) is 19.0. The summed E-state index contributed by atoms with van der Waals surface area (Å²) in [5.74, 6) is -1.71. The van der Waals surface area contributed by atoms with Crippen LogP contribution in [0.15, 0.2) is 48.5 Å². The lowest BCUT2D eigenvalue weighted by Gasteiger charge is -2.37. The molecule has 4 rings (SSSR count). The van der Waals surface area contributed by atoms with Crippen LogP contribution in [-0.2, 0) is 23.9 Å². The van der Waals surface area contributed by atoms with Gasteiger partial charge in [-0.25, -0.2) is 14.7 Å². The fourth-order valence-electron chi connectivity index (χ4n) is 4.67. The highest BCUT2D eigenvalue weighted by Crippen LogP contribution is 2.44. The van der Waals surface area contributed by atoms with Crippen LogP contribution in [0.1, 0.15) is 29.9 Å². The maximum Gasteiger partial charge on any atom is 0.407 e. The Morgan fingerprint density at radius 2 is 1.76 bits per heavy atom. The molecule has 0 radical (unpaired) electrons. The molecule has 0 bridgehead atoms. The Balaban J connectivity index is 1.38. The second-order valence-electron chi connectivity index (χ2n) is 8.59. The summed E-state index contributed by atoms with van der Waals surface area (Å²) in [6, 6.07) is 16.1. The van der Waals surface area contributed by atoms with Crippen LogP contribution in [0.5, 0.6) is 0 Å². The molecule has 9 heteroatoms. The zero-order valence-electron chi connectivity index (χ0n) is 19.0. The Kier molecular flexibility index (Phi) is 7.14. The molecule has 2 aromatic carbocycles. The van der Waals surface area contributed by atoms with Crippen molar-refractivity contribution in [1.82, 2.24) is 10.4 Å². The molecule has 1 aliphatic carbocycles. The number of hydrogen-bond donors (Lipinski definition) is 2. The highest BCUT2D eigenvalue weighted by Gasteiger charge is 2.43. The SMILES string of the molecule is CN(OCC(=O)O)C(=O)C1(CNC(=O)OCC2c3ccccc3-c3ccccc32)CCCOC1. The number of nitrogens with zero attached hydrogens (tertiary/aromatic N) is 1. The van der Waals surface area contributed by atoms with Crippen LogP contribution in [0.3, 0.4) is 0 Å². The van der Waals surface area contributed by atoms with Crippen LogP contribution in [0.4, 0.5) is 4.79 Å². The maximum atomic E-state index is 13.0. The molecule has 0 spiro atoms. The molecule has 34 heavy (non-hydrogen) atoms. The molecule has 9 nitrogen and oxygen atoms in total. The van der Waals surface area contributed by atoms with E-state index in [1.807, 2.05) is 36.4 Å². The van der Waals surface area contributed by atoms with Crippen molar-refractivity contribution >= 4 is 18.0 Å². The predicted molar refractivity (Wildman–Crippen MR) is 122 cm³/mol. The number of carboxylic acids is 1. The normalized spacial score (nSPS) is 19.1. The molecule has 2 amide bonds. The van der Waals surface area contributed by atoms with Crippen molar-refractivity contribution in [3.8, 4) is 11.1 Å². The molecule has 1 heterocycles. The molecular weight excluding hydrogens is 440 g/mol. The number of rotatable bonds is 8. The number of carbonyl (C=O) groups excluding carboxylic acids is 2. The lowest BCUT2D eigenvalue weighted by molar-refractivity contribution is -0.199. The fourth-order valence-corrected chi connectivity index (χ4v) is 4.67. The van der Waals surface area contributed by atoms with Gasteiger partial charge in [0.05, 0.1) is 12.0 Å². The summed E-state index contributed by atoms with van der Waals surface area (Å²) in [4.78, 5) is 41.4. The molecule has 0 aromatic heterocycles. The van der Waals surface area contributed by atoms with E-state index in [0.29, 0.717) is 19.4 Å². The quantitative estimate of drug-likeness (QED) is 0.573. The Morgan fingerprint density at radius 1 is 1.12 bits per heavy atom. The van der Waals surface area contributed by atoms with E-state index in [2.05, 4.69) is 17.4 Å². The molecular formula is C25H28N2O7. The Morgan fingerprint density at radius 3 is 2.35 bits per heavy atom. The van der Waals surface area contributed by atoms with E-state index in [-0.39, 0.29) is 25.7 Å². The van der Waals surface area contributed by atoms with Gasteiger partial charge in [0, 0.05) is 26.1 Å². The second-order valence-corrected chi connectivity index (χ2v) is 8.59. The van der Waals surface area contributed by atoms with Gasteiger partial charge in [0.15, 0.2) is 6.61 Å². The van der Waals surface area contributed by atoms with Gasteiger partial charge < -0.3 is 19.9 Å². The maximum absolute atomic E-state index is 13.0. The molecule has 1 unspecified atom stereocenters. The molecule has 1 fully saturated rings. The summed E-state index contributed by atoms with van der Waals surface area (Å²) in [6.07, 6.45) is 0.468. The van der Waals surface area contributed by atoms with Crippen molar-refractivity contribution in [2.75, 3.05) is 40.0 Å². The van der Waals surface area contributed by atoms with Crippen LogP contribution in [0, 0.1) is 5.41 Å². The number of ether oxygens (including phenoxy) is 2. The van der Waals surface area contributed by atoms with E-state index in [0.717, 1.165) is 27.3 Å². The van der Waals surface area contributed by atoms with E-state index in [1.54, 1.807) is 0 Å². The lowest BCUT2D eigenvalue weighted by Crippen LogP contribution is -2.53. The van der Waals surface area contributed by atoms with Crippen LogP contribution in [0.2, 0.25) is 0 Å². The van der Waals surface area contributed by atoms with Gasteiger partial charge in [-0.05, 0) is 35.1 Å². The van der Waals surface area contributed by atoms with Gasteiger partial charge in [-0.15, -0.1) is 0 Å². The van der Waals surface area contributed by atoms with Crippen molar-refractivity contribution in [2.45, 2.75) is 18.8 Å². The van der Waals surface area contributed by atoms with E-state index in [1.165, 1.54) is 7.05 Å². The minimum Gasteiger partial charge on any atom is -0.479 e. The number of carbonyl (C=O) groups is 3. The summed E-state index contributed by atoms with van der Waals surface area (Å²) in [5.41, 5.74) is 3.44. The highest BCUT2D eigenvalue weighted by atomic mass is 16.7. The number of alkyl carbamates (subject to hydrolysis) is 1. The summed E-state index contributed by atoms with van der Waals surface area (Å²) in [6.45, 7) is 0.122. The highest BCUT2D eigenvalue weighted by molar-refractivity contribution is 5.83. The van der Waals surface area contributed by atoms with E-state index in [9.17, 15) is 14.4 Å². The Bertz CT molecular complexity index is 1020. The van der Waals surface area contributed by atoms with Gasteiger partial charge in [0.1, 0.15) is 6.61 Å². The van der Waals surface area contributed by atoms with Crippen molar-refractivity contribution in [3.63, 3.8) is 0 Å². The molecule has 2 N–H and O–H groups in total. The van der Waals surface area contributed by atoms with Crippen molar-refractivity contribution in [3.05, 3.63) is 59.7 Å². The Labute approximate surface area is 197 Å². The first-order valence-electron chi connectivity index (χ1n) is 11.2. The molecule has 1 aliphatic heterocycles. The number of nitrogens with one attached hydrogen (secondary N) is 1. The van der Waals surface area contributed by atoms with Gasteiger partial charge in [-0.2, -0.15) is 0 Å². The third-order valence-corrected chi connectivity index (χ3v) is 6.36. The number of carboxylic acid groups (broad SMARTS) is 1. The van der Waals surface area contributed by atoms with E-state index < -0.39 is 30.0 Å². The molecule has 2 aromatic rings. The first-order valence-corrected chi connectivity index (χ1v) is 11.2. The van der Waals surface area contributed by atoms with Crippen LogP contribution in [-0.4, -0.2) is 68.2 Å². The number of aliphatic carboxylic acids is 1. The summed E-state index contributed by atoms with van der Waals surface area (Å²) >= 11 is 0. The first-order chi connectivity index (χ1) is 16.4. The van der Waals surface area contributed by atoms with Crippen LogP contribution < -0.4 is 5.32 Å². The minimum atomic E-state index is -1.19. The number of amides is 2. The second kappa shape index (κ2) is 10.2. The monoisotopic (exact) mass is 468 g/mol. The number of hydroxylamine groups is 2. The van der Waals surface area contributed by atoms with Gasteiger partial charge in [0.25, 0.3) is 5.91 Å². The molecule has 180 valence electrons. The lowest BCUT2D eigenvalue weighted by atomic mass is 9.81. The first kappa shape index (κ1) is 23.7. The average molecular weight is 469 g/mol. The van der Waals surface area contributed by atoms with Crippen molar-refractivity contribution in [1.29, 1.82) is 0 Å². The third-order valence-electron chi connectivity index (χ3n) is 6.36. The standard InChI is InChI=1S/C25H28N2O7/c1-27(34-14-22(28)29)23(30)25(11-6-12-32-16-25)15-26-24(31)33-13-21-19-9-4-2-7-17(19)18-8-3-5-10-20(18)21/h2-5,7-10,21H,6,11-16H2,1H3,(H,26,31)(H,28,29).